The maximum absolute atomic E-state index is 14.6. The van der Waals surface area contributed by atoms with Crippen LogP contribution in [0.3, 0.4) is 0 Å². The molecule has 2 aromatic heterocycles. The highest BCUT2D eigenvalue weighted by Gasteiger charge is 2.20. The van der Waals surface area contributed by atoms with Gasteiger partial charge in [-0.25, -0.2) is 18.2 Å². The number of aryl methyl sites for hydroxylation is 1. The number of hydrogen-bond donors (Lipinski definition) is 1. The lowest BCUT2D eigenvalue weighted by molar-refractivity contribution is 0.568. The summed E-state index contributed by atoms with van der Waals surface area (Å²) in [5.74, 6) is -2.36. The summed E-state index contributed by atoms with van der Waals surface area (Å²) in [5, 5.41) is 12.3. The summed E-state index contributed by atoms with van der Waals surface area (Å²) in [6.07, 6.45) is 0. The van der Waals surface area contributed by atoms with E-state index < -0.39 is 34.7 Å². The van der Waals surface area contributed by atoms with Gasteiger partial charge in [0, 0.05) is 17.0 Å². The number of fused-ring (bicyclic) bond motifs is 1. The molecule has 0 aliphatic rings. The number of anilines is 1. The number of nitrogens with one attached hydrogen (secondary N) is 1. The first-order valence-electron chi connectivity index (χ1n) is 9.61. The van der Waals surface area contributed by atoms with Crippen molar-refractivity contribution in [3.63, 3.8) is 0 Å². The zero-order valence-electron chi connectivity index (χ0n) is 17.0. The number of benzene rings is 2. The van der Waals surface area contributed by atoms with Gasteiger partial charge in [0.05, 0.1) is 11.8 Å². The van der Waals surface area contributed by atoms with Gasteiger partial charge in [-0.1, -0.05) is 6.07 Å². The summed E-state index contributed by atoms with van der Waals surface area (Å²) < 4.78 is 43.7. The first kappa shape index (κ1) is 21.1. The average Bonchev–Trinajstić information content (AvgIpc) is 2.74. The van der Waals surface area contributed by atoms with E-state index in [1.807, 2.05) is 6.07 Å². The topological polar surface area (TPSA) is 83.6 Å². The van der Waals surface area contributed by atoms with Crippen LogP contribution in [-0.2, 0) is 0 Å². The van der Waals surface area contributed by atoms with Gasteiger partial charge in [0.1, 0.15) is 29.2 Å². The molecule has 2 heterocycles. The molecule has 0 spiro atoms. The number of nitriles is 1. The van der Waals surface area contributed by atoms with Crippen LogP contribution in [-0.4, -0.2) is 20.6 Å². The van der Waals surface area contributed by atoms with E-state index >= 15 is 0 Å². The number of aromatic nitrogens is 3. The predicted molar refractivity (Wildman–Crippen MR) is 114 cm³/mol. The van der Waals surface area contributed by atoms with Gasteiger partial charge in [0.2, 0.25) is 5.95 Å². The van der Waals surface area contributed by atoms with E-state index in [0.29, 0.717) is 22.2 Å². The van der Waals surface area contributed by atoms with Crippen molar-refractivity contribution < 1.29 is 13.2 Å². The highest BCUT2D eigenvalue weighted by Crippen LogP contribution is 2.31. The first-order valence-corrected chi connectivity index (χ1v) is 9.61. The van der Waals surface area contributed by atoms with E-state index in [2.05, 4.69) is 15.3 Å². The fraction of sp³-hybridized carbons (Fsp3) is 0.130. The third-order valence-corrected chi connectivity index (χ3v) is 4.89. The molecule has 4 rings (SSSR count). The second-order valence-corrected chi connectivity index (χ2v) is 7.16. The van der Waals surface area contributed by atoms with Crippen LogP contribution < -0.4 is 10.9 Å². The van der Waals surface area contributed by atoms with Crippen LogP contribution in [0.5, 0.6) is 0 Å². The number of hydrogen-bond acceptors (Lipinski definition) is 5. The van der Waals surface area contributed by atoms with Gasteiger partial charge < -0.3 is 5.32 Å². The zero-order chi connectivity index (χ0) is 23.0. The molecule has 6 nitrogen and oxygen atoms in total. The molecule has 0 aliphatic carbocycles. The van der Waals surface area contributed by atoms with Crippen molar-refractivity contribution in [1.82, 2.24) is 14.5 Å². The van der Waals surface area contributed by atoms with Gasteiger partial charge in [0.15, 0.2) is 5.65 Å². The fourth-order valence-corrected chi connectivity index (χ4v) is 3.42. The van der Waals surface area contributed by atoms with Gasteiger partial charge in [0.25, 0.3) is 5.56 Å². The Morgan fingerprint density at radius 3 is 2.44 bits per heavy atom. The molecule has 0 bridgehead atoms. The van der Waals surface area contributed by atoms with Gasteiger partial charge in [-0.3, -0.25) is 9.36 Å². The lowest BCUT2D eigenvalue weighted by Gasteiger charge is -2.16. The Morgan fingerprint density at radius 1 is 1.06 bits per heavy atom. The van der Waals surface area contributed by atoms with E-state index in [0.717, 1.165) is 22.8 Å². The molecule has 4 aromatic rings. The van der Waals surface area contributed by atoms with Crippen molar-refractivity contribution in [2.45, 2.75) is 19.9 Å². The Balaban J connectivity index is 2.13. The third kappa shape index (κ3) is 3.67. The largest absolute Gasteiger partial charge is 0.339 e. The van der Waals surface area contributed by atoms with Crippen molar-refractivity contribution in [3.8, 4) is 23.0 Å². The summed E-state index contributed by atoms with van der Waals surface area (Å²) in [5.41, 5.74) is 0.0439. The molecule has 0 saturated carbocycles. The molecule has 1 atom stereocenters. The molecule has 1 unspecified atom stereocenters. The molecule has 32 heavy (non-hydrogen) atoms. The highest BCUT2D eigenvalue weighted by molar-refractivity contribution is 5.93. The van der Waals surface area contributed by atoms with Crippen molar-refractivity contribution in [2.24, 2.45) is 0 Å². The monoisotopic (exact) mass is 435 g/mol. The Morgan fingerprint density at radius 2 is 1.78 bits per heavy atom. The number of para-hydroxylation sites is 1. The summed E-state index contributed by atoms with van der Waals surface area (Å²) in [6, 6.07) is 11.3. The molecule has 160 valence electrons. The van der Waals surface area contributed by atoms with Gasteiger partial charge >= 0.3 is 0 Å². The lowest BCUT2D eigenvalue weighted by Crippen LogP contribution is -2.22. The second-order valence-electron chi connectivity index (χ2n) is 7.16. The second kappa shape index (κ2) is 8.15. The van der Waals surface area contributed by atoms with Gasteiger partial charge in [-0.05, 0) is 55.8 Å². The highest BCUT2D eigenvalue weighted by atomic mass is 19.1. The maximum atomic E-state index is 14.6. The van der Waals surface area contributed by atoms with E-state index in [-0.39, 0.29) is 11.6 Å². The molecular weight excluding hydrogens is 419 g/mol. The van der Waals surface area contributed by atoms with Crippen molar-refractivity contribution >= 4 is 17.0 Å². The predicted octanol–water partition coefficient (Wildman–Crippen LogP) is 4.50. The number of pyridine rings is 1. The van der Waals surface area contributed by atoms with Crippen LogP contribution in [0.1, 0.15) is 12.5 Å². The third-order valence-electron chi connectivity index (χ3n) is 4.89. The Labute approximate surface area is 180 Å². The number of rotatable bonds is 4. The lowest BCUT2D eigenvalue weighted by atomic mass is 10.0. The van der Waals surface area contributed by atoms with E-state index in [1.54, 1.807) is 13.8 Å². The number of halogens is 3. The first-order chi connectivity index (χ1) is 15.3. The van der Waals surface area contributed by atoms with Crippen LogP contribution in [0.4, 0.5) is 19.1 Å². The van der Waals surface area contributed by atoms with E-state index in [1.165, 1.54) is 30.3 Å². The van der Waals surface area contributed by atoms with Gasteiger partial charge in [-0.2, -0.15) is 10.2 Å². The van der Waals surface area contributed by atoms with Crippen LogP contribution in [0.25, 0.3) is 28.0 Å². The Hall–Kier alpha value is -4.19. The zero-order valence-corrected chi connectivity index (χ0v) is 17.0. The minimum Gasteiger partial charge on any atom is -0.339 e. The average molecular weight is 435 g/mol. The van der Waals surface area contributed by atoms with Crippen molar-refractivity contribution in [2.75, 3.05) is 5.32 Å². The molecule has 0 fully saturated rings. The van der Waals surface area contributed by atoms with Gasteiger partial charge in [-0.15, -0.1) is 0 Å². The van der Waals surface area contributed by atoms with Crippen LogP contribution >= 0.6 is 0 Å². The fourth-order valence-electron chi connectivity index (χ4n) is 3.42. The SMILES string of the molecule is Cc1cc(F)ccc1-c1nc(NC(C)C#N)nc2c1ccc(=O)n2-c1c(F)cccc1F. The Bertz CT molecular complexity index is 1440. The van der Waals surface area contributed by atoms with E-state index in [4.69, 9.17) is 5.26 Å². The van der Waals surface area contributed by atoms with Crippen LogP contribution in [0, 0.1) is 35.7 Å². The molecule has 1 N–H and O–H groups in total. The summed E-state index contributed by atoms with van der Waals surface area (Å²) in [7, 11) is 0. The molecular formula is C23H16F3N5O. The quantitative estimate of drug-likeness (QED) is 0.510. The number of nitrogens with zero attached hydrogens (tertiary/aromatic N) is 4. The van der Waals surface area contributed by atoms with Crippen LogP contribution in [0.15, 0.2) is 53.3 Å². The molecule has 2 aromatic carbocycles. The minimum absolute atomic E-state index is 0.0265. The standard InChI is InChI=1S/C23H16F3N5O/c1-12-10-14(24)6-7-15(12)20-16-8-9-19(32)31(21-17(25)4-3-5-18(21)26)22(16)30-23(29-20)28-13(2)11-27/h3-10,13H,1-2H3,(H,28,29,30). The molecule has 0 radical (unpaired) electrons. The normalized spacial score (nSPS) is 11.9. The van der Waals surface area contributed by atoms with Crippen LogP contribution in [0.2, 0.25) is 0 Å². The summed E-state index contributed by atoms with van der Waals surface area (Å²) >= 11 is 0. The Kier molecular flexibility index (Phi) is 5.36. The molecule has 0 amide bonds. The van der Waals surface area contributed by atoms with Crippen molar-refractivity contribution in [3.05, 3.63) is 81.9 Å². The smallest absolute Gasteiger partial charge is 0.256 e. The summed E-state index contributed by atoms with van der Waals surface area (Å²) in [6.45, 7) is 3.26. The molecule has 9 heteroatoms. The van der Waals surface area contributed by atoms with Crippen molar-refractivity contribution in [1.29, 1.82) is 5.26 Å². The maximum Gasteiger partial charge on any atom is 0.256 e. The summed E-state index contributed by atoms with van der Waals surface area (Å²) in [4.78, 5) is 21.5. The minimum atomic E-state index is -0.947. The molecule has 0 saturated heterocycles. The molecule has 0 aliphatic heterocycles. The van der Waals surface area contributed by atoms with E-state index in [9.17, 15) is 18.0 Å².